The summed E-state index contributed by atoms with van der Waals surface area (Å²) in [5, 5.41) is 0. The third kappa shape index (κ3) is 4.44. The van der Waals surface area contributed by atoms with E-state index in [1.165, 1.54) is 6.07 Å². The molecule has 23 heavy (non-hydrogen) atoms. The van der Waals surface area contributed by atoms with Gasteiger partial charge in [-0.25, -0.2) is 0 Å². The van der Waals surface area contributed by atoms with Crippen molar-refractivity contribution in [1.82, 2.24) is 14.8 Å². The number of carbonyl (C=O) groups is 1. The zero-order valence-corrected chi connectivity index (χ0v) is 14.8. The van der Waals surface area contributed by atoms with E-state index >= 15 is 0 Å². The van der Waals surface area contributed by atoms with E-state index in [0.29, 0.717) is 11.5 Å². The molecule has 1 atom stereocenters. The van der Waals surface area contributed by atoms with Crippen molar-refractivity contribution in [2.75, 3.05) is 32.7 Å². The first-order valence-corrected chi connectivity index (χ1v) is 8.70. The standard InChI is InChI=1S/C18H29N3O2/c1-5-20(6-2)11-14-7-8-21(12-14)18(23)15-9-16(13(3)4)19-17(22)10-15/h9-10,13-14H,5-8,11-12H2,1-4H3,(H,19,22). The minimum absolute atomic E-state index is 0.0138. The number of H-pyrrole nitrogens is 1. The Labute approximate surface area is 138 Å². The van der Waals surface area contributed by atoms with E-state index in [1.54, 1.807) is 0 Å². The second-order valence-corrected chi connectivity index (χ2v) is 6.74. The molecule has 1 aliphatic rings. The van der Waals surface area contributed by atoms with Crippen molar-refractivity contribution in [3.63, 3.8) is 0 Å². The van der Waals surface area contributed by atoms with Crippen molar-refractivity contribution >= 4 is 5.91 Å². The number of hydrogen-bond acceptors (Lipinski definition) is 3. The smallest absolute Gasteiger partial charge is 0.254 e. The molecule has 1 aromatic rings. The highest BCUT2D eigenvalue weighted by molar-refractivity contribution is 5.94. The van der Waals surface area contributed by atoms with Crippen LogP contribution in [0.15, 0.2) is 16.9 Å². The van der Waals surface area contributed by atoms with Gasteiger partial charge in [0.1, 0.15) is 0 Å². The highest BCUT2D eigenvalue weighted by Crippen LogP contribution is 2.20. The monoisotopic (exact) mass is 319 g/mol. The van der Waals surface area contributed by atoms with E-state index < -0.39 is 0 Å². The predicted molar refractivity (Wildman–Crippen MR) is 93.0 cm³/mol. The largest absolute Gasteiger partial charge is 0.338 e. The number of aromatic nitrogens is 1. The summed E-state index contributed by atoms with van der Waals surface area (Å²) in [4.78, 5) is 31.6. The molecule has 1 saturated heterocycles. The quantitative estimate of drug-likeness (QED) is 0.875. The third-order valence-electron chi connectivity index (χ3n) is 4.72. The van der Waals surface area contributed by atoms with Crippen molar-refractivity contribution in [2.45, 2.75) is 40.0 Å². The topological polar surface area (TPSA) is 56.4 Å². The van der Waals surface area contributed by atoms with Crippen molar-refractivity contribution in [2.24, 2.45) is 5.92 Å². The molecule has 1 aromatic heterocycles. The van der Waals surface area contributed by atoms with Gasteiger partial charge in [0.25, 0.3) is 5.91 Å². The highest BCUT2D eigenvalue weighted by atomic mass is 16.2. The number of amides is 1. The van der Waals surface area contributed by atoms with E-state index in [1.807, 2.05) is 24.8 Å². The second kappa shape index (κ2) is 7.77. The van der Waals surface area contributed by atoms with Gasteiger partial charge in [0, 0.05) is 37.0 Å². The Morgan fingerprint density at radius 2 is 2.04 bits per heavy atom. The van der Waals surface area contributed by atoms with Crippen LogP contribution in [0.4, 0.5) is 0 Å². The molecule has 5 nitrogen and oxygen atoms in total. The molecule has 0 radical (unpaired) electrons. The van der Waals surface area contributed by atoms with Crippen LogP contribution in [-0.4, -0.2) is 53.4 Å². The zero-order valence-electron chi connectivity index (χ0n) is 14.8. The van der Waals surface area contributed by atoms with E-state index in [2.05, 4.69) is 23.7 Å². The summed E-state index contributed by atoms with van der Waals surface area (Å²) in [5.74, 6) is 0.718. The van der Waals surface area contributed by atoms with Crippen LogP contribution in [0.1, 0.15) is 56.1 Å². The van der Waals surface area contributed by atoms with Gasteiger partial charge in [-0.05, 0) is 37.4 Å². The Balaban J connectivity index is 2.06. The summed E-state index contributed by atoms with van der Waals surface area (Å²) in [5.41, 5.74) is 1.14. The molecule has 0 aromatic carbocycles. The number of rotatable bonds is 6. The van der Waals surface area contributed by atoms with Crippen molar-refractivity contribution in [1.29, 1.82) is 0 Å². The summed E-state index contributed by atoms with van der Waals surface area (Å²) in [7, 11) is 0. The van der Waals surface area contributed by atoms with Crippen molar-refractivity contribution < 1.29 is 4.79 Å². The van der Waals surface area contributed by atoms with Crippen LogP contribution in [0.5, 0.6) is 0 Å². The Hall–Kier alpha value is -1.62. The first kappa shape index (κ1) is 17.7. The van der Waals surface area contributed by atoms with Crippen LogP contribution >= 0.6 is 0 Å². The number of aromatic amines is 1. The molecule has 128 valence electrons. The van der Waals surface area contributed by atoms with Gasteiger partial charge in [-0.15, -0.1) is 0 Å². The Morgan fingerprint density at radius 3 is 2.65 bits per heavy atom. The molecule has 0 bridgehead atoms. The summed E-state index contributed by atoms with van der Waals surface area (Å²) in [6, 6.07) is 3.25. The number of nitrogens with one attached hydrogen (secondary N) is 1. The first-order valence-electron chi connectivity index (χ1n) is 8.70. The van der Waals surface area contributed by atoms with Gasteiger partial charge < -0.3 is 14.8 Å². The fourth-order valence-electron chi connectivity index (χ4n) is 3.20. The van der Waals surface area contributed by atoms with Crippen LogP contribution in [0.2, 0.25) is 0 Å². The summed E-state index contributed by atoms with van der Waals surface area (Å²) in [6.07, 6.45) is 1.04. The molecule has 0 saturated carbocycles. The van der Waals surface area contributed by atoms with E-state index in [4.69, 9.17) is 0 Å². The van der Waals surface area contributed by atoms with Crippen LogP contribution in [0.25, 0.3) is 0 Å². The van der Waals surface area contributed by atoms with Gasteiger partial charge in [0.05, 0.1) is 0 Å². The minimum atomic E-state index is -0.196. The van der Waals surface area contributed by atoms with Crippen LogP contribution in [0, 0.1) is 5.92 Å². The molecular formula is C18H29N3O2. The van der Waals surface area contributed by atoms with Gasteiger partial charge in [-0.2, -0.15) is 0 Å². The lowest BCUT2D eigenvalue weighted by Crippen LogP contribution is -2.33. The Kier molecular flexibility index (Phi) is 5.99. The Morgan fingerprint density at radius 1 is 1.35 bits per heavy atom. The molecule has 1 unspecified atom stereocenters. The normalized spacial score (nSPS) is 18.2. The van der Waals surface area contributed by atoms with Gasteiger partial charge in [-0.3, -0.25) is 9.59 Å². The number of likely N-dealkylation sites (tertiary alicyclic amines) is 1. The summed E-state index contributed by atoms with van der Waals surface area (Å²) in [6.45, 7) is 13.1. The van der Waals surface area contributed by atoms with Gasteiger partial charge in [0.2, 0.25) is 5.56 Å². The predicted octanol–water partition coefficient (Wildman–Crippen LogP) is 2.30. The number of nitrogens with zero attached hydrogens (tertiary/aromatic N) is 2. The third-order valence-corrected chi connectivity index (χ3v) is 4.72. The molecule has 1 aliphatic heterocycles. The zero-order chi connectivity index (χ0) is 17.0. The number of hydrogen-bond donors (Lipinski definition) is 1. The molecular weight excluding hydrogens is 290 g/mol. The second-order valence-electron chi connectivity index (χ2n) is 6.74. The van der Waals surface area contributed by atoms with Crippen LogP contribution in [0.3, 0.4) is 0 Å². The highest BCUT2D eigenvalue weighted by Gasteiger charge is 2.28. The molecule has 2 heterocycles. The van der Waals surface area contributed by atoms with Crippen molar-refractivity contribution in [3.05, 3.63) is 33.7 Å². The molecule has 1 N–H and O–H groups in total. The average Bonchev–Trinajstić information content (AvgIpc) is 2.99. The average molecular weight is 319 g/mol. The maximum absolute atomic E-state index is 12.7. The van der Waals surface area contributed by atoms with E-state index in [-0.39, 0.29) is 17.4 Å². The van der Waals surface area contributed by atoms with Crippen LogP contribution < -0.4 is 5.56 Å². The number of carbonyl (C=O) groups excluding carboxylic acids is 1. The lowest BCUT2D eigenvalue weighted by molar-refractivity contribution is 0.0783. The lowest BCUT2D eigenvalue weighted by atomic mass is 10.1. The molecule has 1 amide bonds. The van der Waals surface area contributed by atoms with Crippen molar-refractivity contribution in [3.8, 4) is 0 Å². The van der Waals surface area contributed by atoms with E-state index in [0.717, 1.165) is 44.8 Å². The summed E-state index contributed by atoms with van der Waals surface area (Å²) < 4.78 is 0. The maximum atomic E-state index is 12.7. The SMILES string of the molecule is CCN(CC)CC1CCN(C(=O)c2cc(C(C)C)[nH]c(=O)c2)C1. The fourth-order valence-corrected chi connectivity index (χ4v) is 3.20. The first-order chi connectivity index (χ1) is 10.9. The molecule has 1 fully saturated rings. The number of pyridine rings is 1. The summed E-state index contributed by atoms with van der Waals surface area (Å²) >= 11 is 0. The van der Waals surface area contributed by atoms with Crippen LogP contribution in [-0.2, 0) is 0 Å². The Bertz CT molecular complexity index is 590. The van der Waals surface area contributed by atoms with Gasteiger partial charge in [0.15, 0.2) is 0 Å². The molecule has 2 rings (SSSR count). The molecule has 0 spiro atoms. The minimum Gasteiger partial charge on any atom is -0.338 e. The van der Waals surface area contributed by atoms with Gasteiger partial charge >= 0.3 is 0 Å². The molecule has 5 heteroatoms. The van der Waals surface area contributed by atoms with Gasteiger partial charge in [-0.1, -0.05) is 27.7 Å². The maximum Gasteiger partial charge on any atom is 0.254 e. The lowest BCUT2D eigenvalue weighted by Gasteiger charge is -2.22. The van der Waals surface area contributed by atoms with E-state index in [9.17, 15) is 9.59 Å². The fraction of sp³-hybridized carbons (Fsp3) is 0.667. The molecule has 0 aliphatic carbocycles.